The van der Waals surface area contributed by atoms with Gasteiger partial charge in [0.1, 0.15) is 5.82 Å². The highest BCUT2D eigenvalue weighted by Crippen LogP contribution is 2.48. The molecule has 3 atom stereocenters. The van der Waals surface area contributed by atoms with Gasteiger partial charge in [0.2, 0.25) is 5.91 Å². The Balaban J connectivity index is 1.36. The van der Waals surface area contributed by atoms with Crippen LogP contribution in [0.3, 0.4) is 0 Å². The van der Waals surface area contributed by atoms with Crippen molar-refractivity contribution in [2.45, 2.75) is 25.7 Å². The fraction of sp³-hybridized carbons (Fsp3) is 0.647. The average molecular weight is 285 g/mol. The van der Waals surface area contributed by atoms with Crippen molar-refractivity contribution in [3.05, 3.63) is 24.4 Å². The first-order valence-electron chi connectivity index (χ1n) is 8.26. The van der Waals surface area contributed by atoms with Gasteiger partial charge in [-0.25, -0.2) is 4.98 Å². The zero-order valence-corrected chi connectivity index (χ0v) is 12.4. The zero-order chi connectivity index (χ0) is 14.2. The van der Waals surface area contributed by atoms with E-state index in [0.717, 1.165) is 44.3 Å². The highest BCUT2D eigenvalue weighted by Gasteiger charge is 2.44. The molecule has 1 saturated heterocycles. The summed E-state index contributed by atoms with van der Waals surface area (Å²) in [5.74, 6) is 3.34. The van der Waals surface area contributed by atoms with E-state index < -0.39 is 0 Å². The second-order valence-corrected chi connectivity index (χ2v) is 6.78. The molecule has 4 nitrogen and oxygen atoms in total. The number of aromatic nitrogens is 1. The molecule has 1 aliphatic heterocycles. The number of pyridine rings is 1. The van der Waals surface area contributed by atoms with Gasteiger partial charge in [-0.2, -0.15) is 0 Å². The number of amides is 1. The number of hydrogen-bond donors (Lipinski definition) is 0. The summed E-state index contributed by atoms with van der Waals surface area (Å²) in [6, 6.07) is 6.01. The van der Waals surface area contributed by atoms with E-state index in [4.69, 9.17) is 0 Å². The minimum atomic E-state index is 0.338. The molecule has 0 spiro atoms. The van der Waals surface area contributed by atoms with Crippen LogP contribution in [-0.4, -0.2) is 42.0 Å². The summed E-state index contributed by atoms with van der Waals surface area (Å²) in [4.78, 5) is 21.5. The van der Waals surface area contributed by atoms with Crippen LogP contribution in [0.2, 0.25) is 0 Å². The van der Waals surface area contributed by atoms with Crippen LogP contribution in [0.1, 0.15) is 25.7 Å². The van der Waals surface area contributed by atoms with Crippen molar-refractivity contribution in [3.8, 4) is 0 Å². The molecule has 3 aliphatic rings. The van der Waals surface area contributed by atoms with Crippen LogP contribution in [0, 0.1) is 17.8 Å². The first-order chi connectivity index (χ1) is 10.3. The number of nitrogens with zero attached hydrogens (tertiary/aromatic N) is 3. The van der Waals surface area contributed by atoms with Gasteiger partial charge in [0.25, 0.3) is 0 Å². The summed E-state index contributed by atoms with van der Waals surface area (Å²) in [5.41, 5.74) is 0. The molecule has 0 radical (unpaired) electrons. The molecule has 3 unspecified atom stereocenters. The summed E-state index contributed by atoms with van der Waals surface area (Å²) in [5, 5.41) is 0. The Morgan fingerprint density at radius 3 is 2.57 bits per heavy atom. The van der Waals surface area contributed by atoms with E-state index in [1.807, 2.05) is 24.4 Å². The van der Waals surface area contributed by atoms with Crippen LogP contribution in [-0.2, 0) is 4.79 Å². The van der Waals surface area contributed by atoms with Crippen LogP contribution in [0.15, 0.2) is 24.4 Å². The predicted octanol–water partition coefficient (Wildman–Crippen LogP) is 2.17. The second kappa shape index (κ2) is 5.32. The normalized spacial score (nSPS) is 31.7. The van der Waals surface area contributed by atoms with Gasteiger partial charge >= 0.3 is 0 Å². The molecule has 112 valence electrons. The molecule has 3 fully saturated rings. The lowest BCUT2D eigenvalue weighted by Gasteiger charge is -2.37. The number of fused-ring (bicyclic) bond motifs is 2. The smallest absolute Gasteiger partial charge is 0.226 e. The number of carbonyl (C=O) groups is 1. The second-order valence-electron chi connectivity index (χ2n) is 6.78. The van der Waals surface area contributed by atoms with Gasteiger partial charge in [0.05, 0.1) is 0 Å². The fourth-order valence-electron chi connectivity index (χ4n) is 4.48. The maximum atomic E-state index is 12.7. The molecule has 1 aromatic heterocycles. The number of rotatable bonds is 2. The molecule has 0 aromatic carbocycles. The first kappa shape index (κ1) is 13.1. The highest BCUT2D eigenvalue weighted by molar-refractivity contribution is 5.80. The van der Waals surface area contributed by atoms with Crippen molar-refractivity contribution < 1.29 is 4.79 Å². The van der Waals surface area contributed by atoms with Crippen molar-refractivity contribution in [3.63, 3.8) is 0 Å². The Morgan fingerprint density at radius 1 is 1.10 bits per heavy atom. The summed E-state index contributed by atoms with van der Waals surface area (Å²) < 4.78 is 0. The van der Waals surface area contributed by atoms with Gasteiger partial charge < -0.3 is 9.80 Å². The van der Waals surface area contributed by atoms with Crippen LogP contribution in [0.4, 0.5) is 5.82 Å². The SMILES string of the molecule is O=C(C1CC2CCC1C2)N1CCN(c2ccccn2)CC1. The number of hydrogen-bond acceptors (Lipinski definition) is 3. The standard InChI is InChI=1S/C17H23N3O/c21-17(15-12-13-4-5-14(15)11-13)20-9-7-19(8-10-20)16-3-1-2-6-18-16/h1-3,6,13-15H,4-5,7-12H2. The van der Waals surface area contributed by atoms with Crippen LogP contribution in [0.5, 0.6) is 0 Å². The van der Waals surface area contributed by atoms with E-state index in [2.05, 4.69) is 14.8 Å². The third kappa shape index (κ3) is 2.41. The van der Waals surface area contributed by atoms with Crippen molar-refractivity contribution in [2.75, 3.05) is 31.1 Å². The lowest BCUT2D eigenvalue weighted by Crippen LogP contribution is -2.51. The van der Waals surface area contributed by atoms with Gasteiger partial charge in [0, 0.05) is 38.3 Å². The monoisotopic (exact) mass is 285 g/mol. The molecular weight excluding hydrogens is 262 g/mol. The molecule has 4 heteroatoms. The largest absolute Gasteiger partial charge is 0.353 e. The van der Waals surface area contributed by atoms with E-state index in [1.165, 1.54) is 19.3 Å². The minimum absolute atomic E-state index is 0.338. The molecule has 4 rings (SSSR count). The van der Waals surface area contributed by atoms with E-state index in [1.54, 1.807) is 0 Å². The Bertz CT molecular complexity index is 510. The van der Waals surface area contributed by atoms with Crippen molar-refractivity contribution >= 4 is 11.7 Å². The Kier molecular flexibility index (Phi) is 3.32. The summed E-state index contributed by atoms with van der Waals surface area (Å²) in [6.45, 7) is 3.51. The maximum absolute atomic E-state index is 12.7. The molecule has 1 amide bonds. The average Bonchev–Trinajstić information content (AvgIpc) is 3.18. The highest BCUT2D eigenvalue weighted by atomic mass is 16.2. The van der Waals surface area contributed by atoms with Gasteiger partial charge in [0.15, 0.2) is 0 Å². The maximum Gasteiger partial charge on any atom is 0.226 e. The molecular formula is C17H23N3O. The van der Waals surface area contributed by atoms with E-state index >= 15 is 0 Å². The lowest BCUT2D eigenvalue weighted by molar-refractivity contribution is -0.137. The summed E-state index contributed by atoms with van der Waals surface area (Å²) >= 11 is 0. The fourth-order valence-corrected chi connectivity index (χ4v) is 4.48. The molecule has 2 heterocycles. The molecule has 2 bridgehead atoms. The van der Waals surface area contributed by atoms with Crippen LogP contribution >= 0.6 is 0 Å². The predicted molar refractivity (Wildman–Crippen MR) is 82.0 cm³/mol. The number of carbonyl (C=O) groups excluding carboxylic acids is 1. The van der Waals surface area contributed by atoms with Gasteiger partial charge in [-0.15, -0.1) is 0 Å². The number of piperazine rings is 1. The van der Waals surface area contributed by atoms with Gasteiger partial charge in [-0.1, -0.05) is 12.5 Å². The summed E-state index contributed by atoms with van der Waals surface area (Å²) in [7, 11) is 0. The molecule has 2 saturated carbocycles. The van der Waals surface area contributed by atoms with E-state index in [0.29, 0.717) is 17.7 Å². The van der Waals surface area contributed by atoms with Gasteiger partial charge in [-0.3, -0.25) is 4.79 Å². The van der Waals surface area contributed by atoms with Gasteiger partial charge in [-0.05, 0) is 43.2 Å². The lowest BCUT2D eigenvalue weighted by atomic mass is 9.87. The summed E-state index contributed by atoms with van der Waals surface area (Å²) in [6.07, 6.45) is 6.95. The molecule has 21 heavy (non-hydrogen) atoms. The van der Waals surface area contributed by atoms with Crippen LogP contribution < -0.4 is 4.90 Å². The number of anilines is 1. The quantitative estimate of drug-likeness (QED) is 0.835. The van der Waals surface area contributed by atoms with E-state index in [9.17, 15) is 4.79 Å². The third-order valence-corrected chi connectivity index (χ3v) is 5.62. The molecule has 1 aromatic rings. The Morgan fingerprint density at radius 2 is 1.95 bits per heavy atom. The first-order valence-corrected chi connectivity index (χ1v) is 8.26. The van der Waals surface area contributed by atoms with E-state index in [-0.39, 0.29) is 0 Å². The van der Waals surface area contributed by atoms with Crippen molar-refractivity contribution in [1.29, 1.82) is 0 Å². The van der Waals surface area contributed by atoms with Crippen molar-refractivity contribution in [2.24, 2.45) is 17.8 Å². The third-order valence-electron chi connectivity index (χ3n) is 5.62. The molecule has 0 N–H and O–H groups in total. The zero-order valence-electron chi connectivity index (χ0n) is 12.4. The topological polar surface area (TPSA) is 36.4 Å². The Hall–Kier alpha value is -1.58. The Labute approximate surface area is 126 Å². The van der Waals surface area contributed by atoms with Crippen molar-refractivity contribution in [1.82, 2.24) is 9.88 Å². The van der Waals surface area contributed by atoms with Crippen LogP contribution in [0.25, 0.3) is 0 Å². The molecule has 2 aliphatic carbocycles. The minimum Gasteiger partial charge on any atom is -0.353 e.